The molecule has 0 aliphatic carbocycles. The highest BCUT2D eigenvalue weighted by Gasteiger charge is 2.08. The monoisotopic (exact) mass is 143 g/mol. The molecule has 0 aliphatic heterocycles. The lowest BCUT2D eigenvalue weighted by Gasteiger charge is -2.18. The molecular formula is C9H19O. The molecule has 10 heavy (non-hydrogen) atoms. The van der Waals surface area contributed by atoms with Crippen molar-refractivity contribution in [2.45, 2.75) is 39.7 Å². The lowest BCUT2D eigenvalue weighted by molar-refractivity contribution is 0.0317. The van der Waals surface area contributed by atoms with Gasteiger partial charge in [0, 0.05) is 6.61 Å². The Morgan fingerprint density at radius 2 is 2.00 bits per heavy atom. The van der Waals surface area contributed by atoms with Gasteiger partial charge in [0.1, 0.15) is 0 Å². The zero-order valence-corrected chi connectivity index (χ0v) is 7.39. The van der Waals surface area contributed by atoms with Gasteiger partial charge in [0.25, 0.3) is 0 Å². The molecule has 0 aromatic heterocycles. The third kappa shape index (κ3) is 3.89. The summed E-state index contributed by atoms with van der Waals surface area (Å²) in [6.07, 6.45) is 2.46. The van der Waals surface area contributed by atoms with Crippen LogP contribution in [0.3, 0.4) is 0 Å². The molecule has 0 saturated heterocycles. The summed E-state index contributed by atoms with van der Waals surface area (Å²) < 4.78 is 5.48. The largest absolute Gasteiger partial charge is 0.378 e. The van der Waals surface area contributed by atoms with Gasteiger partial charge in [-0.15, -0.1) is 0 Å². The van der Waals surface area contributed by atoms with E-state index in [0.717, 1.165) is 13.0 Å². The number of hydrogen-bond donors (Lipinski definition) is 0. The van der Waals surface area contributed by atoms with Gasteiger partial charge in [0.15, 0.2) is 0 Å². The van der Waals surface area contributed by atoms with Crippen LogP contribution in [0.1, 0.15) is 33.6 Å². The SMILES string of the molecule is [CH2]CCOC(C)C(C)CC. The van der Waals surface area contributed by atoms with E-state index in [1.165, 1.54) is 6.42 Å². The van der Waals surface area contributed by atoms with Gasteiger partial charge in [-0.2, -0.15) is 0 Å². The Balaban J connectivity index is 3.31. The fourth-order valence-electron chi connectivity index (χ4n) is 0.765. The minimum Gasteiger partial charge on any atom is -0.378 e. The van der Waals surface area contributed by atoms with Crippen LogP contribution in [0.25, 0.3) is 0 Å². The predicted octanol–water partition coefficient (Wildman–Crippen LogP) is 2.66. The van der Waals surface area contributed by atoms with Crippen LogP contribution in [0.5, 0.6) is 0 Å². The Kier molecular flexibility index (Phi) is 5.70. The maximum absolute atomic E-state index is 5.48. The molecule has 1 heteroatoms. The van der Waals surface area contributed by atoms with E-state index in [0.29, 0.717) is 12.0 Å². The van der Waals surface area contributed by atoms with E-state index in [1.807, 2.05) is 0 Å². The van der Waals surface area contributed by atoms with Crippen molar-refractivity contribution in [3.8, 4) is 0 Å². The molecular weight excluding hydrogens is 124 g/mol. The Morgan fingerprint density at radius 3 is 2.40 bits per heavy atom. The third-order valence-corrected chi connectivity index (χ3v) is 1.97. The molecule has 0 rings (SSSR count). The van der Waals surface area contributed by atoms with E-state index in [2.05, 4.69) is 27.7 Å². The average molecular weight is 143 g/mol. The fourth-order valence-corrected chi connectivity index (χ4v) is 0.765. The van der Waals surface area contributed by atoms with Crippen molar-refractivity contribution in [1.82, 2.24) is 0 Å². The molecule has 2 unspecified atom stereocenters. The van der Waals surface area contributed by atoms with Crippen molar-refractivity contribution < 1.29 is 4.74 Å². The summed E-state index contributed by atoms with van der Waals surface area (Å²) in [6, 6.07) is 0. The second-order valence-corrected chi connectivity index (χ2v) is 2.81. The zero-order chi connectivity index (χ0) is 7.98. The van der Waals surface area contributed by atoms with E-state index < -0.39 is 0 Å². The Bertz CT molecular complexity index is 71.1. The molecule has 61 valence electrons. The molecule has 0 aromatic carbocycles. The van der Waals surface area contributed by atoms with Gasteiger partial charge in [0.2, 0.25) is 0 Å². The van der Waals surface area contributed by atoms with Crippen LogP contribution in [0.15, 0.2) is 0 Å². The molecule has 0 spiro atoms. The summed E-state index contributed by atoms with van der Waals surface area (Å²) in [5, 5.41) is 0. The normalized spacial score (nSPS) is 16.8. The first-order chi connectivity index (χ1) is 4.72. The van der Waals surface area contributed by atoms with Crippen molar-refractivity contribution in [3.63, 3.8) is 0 Å². The van der Waals surface area contributed by atoms with Crippen molar-refractivity contribution in [1.29, 1.82) is 0 Å². The van der Waals surface area contributed by atoms with Gasteiger partial charge < -0.3 is 4.74 Å². The first kappa shape index (κ1) is 9.96. The topological polar surface area (TPSA) is 9.23 Å². The van der Waals surface area contributed by atoms with E-state index in [-0.39, 0.29) is 0 Å². The second-order valence-electron chi connectivity index (χ2n) is 2.81. The lowest BCUT2D eigenvalue weighted by Crippen LogP contribution is -2.17. The predicted molar refractivity (Wildman–Crippen MR) is 44.8 cm³/mol. The molecule has 0 fully saturated rings. The maximum atomic E-state index is 5.48. The average Bonchev–Trinajstić information content (AvgIpc) is 1.98. The Morgan fingerprint density at radius 1 is 1.40 bits per heavy atom. The maximum Gasteiger partial charge on any atom is 0.0572 e. The summed E-state index contributed by atoms with van der Waals surface area (Å²) in [5.41, 5.74) is 0. The van der Waals surface area contributed by atoms with Crippen LogP contribution in [-0.4, -0.2) is 12.7 Å². The first-order valence-corrected chi connectivity index (χ1v) is 4.13. The number of hydrogen-bond acceptors (Lipinski definition) is 1. The number of rotatable bonds is 5. The highest BCUT2D eigenvalue weighted by atomic mass is 16.5. The molecule has 0 aliphatic rings. The molecule has 2 atom stereocenters. The molecule has 1 nitrogen and oxygen atoms in total. The third-order valence-electron chi connectivity index (χ3n) is 1.97. The molecule has 0 aromatic rings. The van der Waals surface area contributed by atoms with Gasteiger partial charge in [-0.3, -0.25) is 0 Å². The molecule has 0 heterocycles. The first-order valence-electron chi connectivity index (χ1n) is 4.13. The standard InChI is InChI=1S/C9H19O/c1-5-7-10-9(4)8(3)6-2/h8-9H,1,5-7H2,2-4H3. The van der Waals surface area contributed by atoms with Gasteiger partial charge in [-0.05, 0) is 19.3 Å². The van der Waals surface area contributed by atoms with E-state index in [1.54, 1.807) is 0 Å². The Labute approximate surface area is 64.8 Å². The second kappa shape index (κ2) is 5.72. The summed E-state index contributed by atoms with van der Waals surface area (Å²) in [6.45, 7) is 11.0. The van der Waals surface area contributed by atoms with Crippen LogP contribution in [0, 0.1) is 12.8 Å². The molecule has 0 N–H and O–H groups in total. The summed E-state index contributed by atoms with van der Waals surface area (Å²) in [5.74, 6) is 0.673. The molecule has 0 bridgehead atoms. The van der Waals surface area contributed by atoms with Crippen LogP contribution < -0.4 is 0 Å². The fraction of sp³-hybridized carbons (Fsp3) is 0.889. The van der Waals surface area contributed by atoms with E-state index in [4.69, 9.17) is 4.74 Å². The van der Waals surface area contributed by atoms with Gasteiger partial charge >= 0.3 is 0 Å². The van der Waals surface area contributed by atoms with E-state index >= 15 is 0 Å². The van der Waals surface area contributed by atoms with Crippen molar-refractivity contribution >= 4 is 0 Å². The van der Waals surface area contributed by atoms with Crippen molar-refractivity contribution in [3.05, 3.63) is 6.92 Å². The Hall–Kier alpha value is -0.0400. The van der Waals surface area contributed by atoms with Gasteiger partial charge in [-0.25, -0.2) is 0 Å². The van der Waals surface area contributed by atoms with Crippen molar-refractivity contribution in [2.24, 2.45) is 5.92 Å². The van der Waals surface area contributed by atoms with Gasteiger partial charge in [0.05, 0.1) is 6.10 Å². The zero-order valence-electron chi connectivity index (χ0n) is 7.39. The number of ether oxygens (including phenoxy) is 1. The smallest absolute Gasteiger partial charge is 0.0572 e. The molecule has 0 saturated carbocycles. The summed E-state index contributed by atoms with van der Waals surface area (Å²) in [4.78, 5) is 0. The minimum atomic E-state index is 0.395. The van der Waals surface area contributed by atoms with Crippen molar-refractivity contribution in [2.75, 3.05) is 6.61 Å². The quantitative estimate of drug-likeness (QED) is 0.575. The highest BCUT2D eigenvalue weighted by Crippen LogP contribution is 2.10. The molecule has 1 radical (unpaired) electrons. The van der Waals surface area contributed by atoms with E-state index in [9.17, 15) is 0 Å². The van der Waals surface area contributed by atoms with Crippen LogP contribution >= 0.6 is 0 Å². The van der Waals surface area contributed by atoms with Crippen LogP contribution in [0.4, 0.5) is 0 Å². The highest BCUT2D eigenvalue weighted by molar-refractivity contribution is 4.58. The lowest BCUT2D eigenvalue weighted by atomic mass is 10.0. The summed E-state index contributed by atoms with van der Waals surface area (Å²) in [7, 11) is 0. The van der Waals surface area contributed by atoms with Gasteiger partial charge in [-0.1, -0.05) is 27.2 Å². The summed E-state index contributed by atoms with van der Waals surface area (Å²) >= 11 is 0. The minimum absolute atomic E-state index is 0.395. The molecule has 0 amide bonds. The van der Waals surface area contributed by atoms with Crippen LogP contribution in [0.2, 0.25) is 0 Å². The van der Waals surface area contributed by atoms with Crippen LogP contribution in [-0.2, 0) is 4.74 Å².